The summed E-state index contributed by atoms with van der Waals surface area (Å²) in [5, 5.41) is 0. The number of carbonyl (C=O) groups excluding carboxylic acids is 2. The van der Waals surface area contributed by atoms with E-state index in [0.29, 0.717) is 38.8 Å². The highest BCUT2D eigenvalue weighted by Crippen LogP contribution is 2.40. The monoisotopic (exact) mass is 426 g/mol. The van der Waals surface area contributed by atoms with Gasteiger partial charge in [0.15, 0.2) is 0 Å². The number of nitrogens with zero attached hydrogens (tertiary/aromatic N) is 2. The van der Waals surface area contributed by atoms with E-state index in [9.17, 15) is 22.8 Å². The van der Waals surface area contributed by atoms with Crippen LogP contribution < -0.4 is 0 Å². The Hall–Kier alpha value is -2.25. The minimum Gasteiger partial charge on any atom is -0.444 e. The van der Waals surface area contributed by atoms with Gasteiger partial charge in [0.1, 0.15) is 5.60 Å². The van der Waals surface area contributed by atoms with E-state index < -0.39 is 23.7 Å². The number of alkyl halides is 3. The minimum absolute atomic E-state index is 0.119. The Morgan fingerprint density at radius 1 is 0.967 bits per heavy atom. The summed E-state index contributed by atoms with van der Waals surface area (Å²) < 4.78 is 44.6. The summed E-state index contributed by atoms with van der Waals surface area (Å²) in [4.78, 5) is 26.9. The first-order valence-electron chi connectivity index (χ1n) is 10.4. The number of amides is 2. The molecule has 2 saturated heterocycles. The third-order valence-corrected chi connectivity index (χ3v) is 5.70. The average molecular weight is 426 g/mol. The minimum atomic E-state index is -4.86. The molecule has 8 heteroatoms. The van der Waals surface area contributed by atoms with E-state index in [0.717, 1.165) is 16.0 Å². The number of piperidine rings is 1. The van der Waals surface area contributed by atoms with Gasteiger partial charge in [0.2, 0.25) is 0 Å². The lowest BCUT2D eigenvalue weighted by Crippen LogP contribution is -2.42. The fourth-order valence-corrected chi connectivity index (χ4v) is 4.38. The van der Waals surface area contributed by atoms with E-state index in [1.54, 1.807) is 4.90 Å². The molecule has 3 rings (SSSR count). The number of hydrogen-bond acceptors (Lipinski definition) is 3. The number of carbonyl (C=O) groups is 2. The van der Waals surface area contributed by atoms with Crippen LogP contribution in [0, 0.1) is 0 Å². The van der Waals surface area contributed by atoms with Crippen LogP contribution in [0.15, 0.2) is 24.3 Å². The molecule has 0 bridgehead atoms. The first-order valence-corrected chi connectivity index (χ1v) is 10.4. The highest BCUT2D eigenvalue weighted by atomic mass is 19.4. The molecule has 2 fully saturated rings. The SMILES string of the molecule is CC(C)(C)OC(=O)N1CCC(c2ccccc2[C@H]2CCCN2C(=O)C(F)(F)F)CC1. The van der Waals surface area contributed by atoms with Gasteiger partial charge in [-0.15, -0.1) is 0 Å². The number of benzene rings is 1. The molecule has 2 amide bonds. The molecular weight excluding hydrogens is 397 g/mol. The smallest absolute Gasteiger partial charge is 0.444 e. The van der Waals surface area contributed by atoms with Crippen molar-refractivity contribution in [3.8, 4) is 0 Å². The zero-order valence-corrected chi connectivity index (χ0v) is 17.7. The quantitative estimate of drug-likeness (QED) is 0.667. The lowest BCUT2D eigenvalue weighted by atomic mass is 9.84. The van der Waals surface area contributed by atoms with Crippen molar-refractivity contribution in [1.29, 1.82) is 0 Å². The molecule has 0 aliphatic carbocycles. The van der Waals surface area contributed by atoms with Gasteiger partial charge in [-0.1, -0.05) is 24.3 Å². The zero-order valence-electron chi connectivity index (χ0n) is 17.7. The predicted octanol–water partition coefficient (Wildman–Crippen LogP) is 5.03. The van der Waals surface area contributed by atoms with Gasteiger partial charge >= 0.3 is 18.2 Å². The molecule has 2 aliphatic heterocycles. The molecule has 2 aliphatic rings. The first-order chi connectivity index (χ1) is 14.0. The summed E-state index contributed by atoms with van der Waals surface area (Å²) in [6, 6.07) is 6.91. The van der Waals surface area contributed by atoms with Gasteiger partial charge in [-0.05, 0) is 63.5 Å². The molecule has 0 aromatic heterocycles. The maximum Gasteiger partial charge on any atom is 0.471 e. The van der Waals surface area contributed by atoms with Gasteiger partial charge < -0.3 is 14.5 Å². The Morgan fingerprint density at radius 3 is 2.13 bits per heavy atom. The lowest BCUT2D eigenvalue weighted by Gasteiger charge is -2.35. The molecule has 0 saturated carbocycles. The van der Waals surface area contributed by atoms with E-state index in [2.05, 4.69) is 0 Å². The van der Waals surface area contributed by atoms with E-state index >= 15 is 0 Å². The van der Waals surface area contributed by atoms with E-state index in [1.165, 1.54) is 0 Å². The molecule has 0 N–H and O–H groups in total. The van der Waals surface area contributed by atoms with Crippen LogP contribution in [0.5, 0.6) is 0 Å². The molecule has 0 radical (unpaired) electrons. The molecule has 1 atom stereocenters. The predicted molar refractivity (Wildman–Crippen MR) is 106 cm³/mol. The maximum atomic E-state index is 13.0. The highest BCUT2D eigenvalue weighted by Gasteiger charge is 2.46. The van der Waals surface area contributed by atoms with Crippen LogP contribution in [0.25, 0.3) is 0 Å². The van der Waals surface area contributed by atoms with Gasteiger partial charge in [0.25, 0.3) is 0 Å². The third-order valence-electron chi connectivity index (χ3n) is 5.70. The van der Waals surface area contributed by atoms with Gasteiger partial charge in [-0.3, -0.25) is 4.79 Å². The van der Waals surface area contributed by atoms with Crippen molar-refractivity contribution in [2.75, 3.05) is 19.6 Å². The third kappa shape index (κ3) is 5.08. The molecule has 166 valence electrons. The van der Waals surface area contributed by atoms with Crippen molar-refractivity contribution < 1.29 is 27.5 Å². The van der Waals surface area contributed by atoms with Crippen molar-refractivity contribution in [3.63, 3.8) is 0 Å². The summed E-state index contributed by atoms with van der Waals surface area (Å²) in [6.45, 7) is 6.65. The van der Waals surface area contributed by atoms with Crippen LogP contribution in [0.3, 0.4) is 0 Å². The van der Waals surface area contributed by atoms with Crippen LogP contribution in [0.4, 0.5) is 18.0 Å². The second kappa shape index (κ2) is 8.47. The normalized spacial score (nSPS) is 21.1. The van der Waals surface area contributed by atoms with E-state index in [-0.39, 0.29) is 18.6 Å². The fourth-order valence-electron chi connectivity index (χ4n) is 4.38. The van der Waals surface area contributed by atoms with Gasteiger partial charge in [-0.25, -0.2) is 4.79 Å². The largest absolute Gasteiger partial charge is 0.471 e. The summed E-state index contributed by atoms with van der Waals surface area (Å²) >= 11 is 0. The van der Waals surface area contributed by atoms with Crippen molar-refractivity contribution in [3.05, 3.63) is 35.4 Å². The van der Waals surface area contributed by atoms with Crippen molar-refractivity contribution >= 4 is 12.0 Å². The summed E-state index contributed by atoms with van der Waals surface area (Å²) in [7, 11) is 0. The van der Waals surface area contributed by atoms with Crippen molar-refractivity contribution in [2.24, 2.45) is 0 Å². The Labute approximate surface area is 175 Å². The number of hydrogen-bond donors (Lipinski definition) is 0. The maximum absolute atomic E-state index is 13.0. The fraction of sp³-hybridized carbons (Fsp3) is 0.636. The van der Waals surface area contributed by atoms with Gasteiger partial charge in [-0.2, -0.15) is 13.2 Å². The molecule has 1 aromatic carbocycles. The van der Waals surface area contributed by atoms with Crippen LogP contribution in [0.1, 0.15) is 69.5 Å². The molecule has 30 heavy (non-hydrogen) atoms. The first kappa shape index (κ1) is 22.4. The van der Waals surface area contributed by atoms with Crippen LogP contribution in [-0.4, -0.2) is 53.2 Å². The molecule has 5 nitrogen and oxygen atoms in total. The molecule has 0 spiro atoms. The van der Waals surface area contributed by atoms with Crippen LogP contribution in [-0.2, 0) is 9.53 Å². The topological polar surface area (TPSA) is 49.9 Å². The lowest BCUT2D eigenvalue weighted by molar-refractivity contribution is -0.186. The summed E-state index contributed by atoms with van der Waals surface area (Å²) in [6.07, 6.45) is -2.72. The summed E-state index contributed by atoms with van der Waals surface area (Å²) in [5.74, 6) is -1.64. The zero-order chi connectivity index (χ0) is 22.1. The number of rotatable bonds is 2. The van der Waals surface area contributed by atoms with Gasteiger partial charge in [0.05, 0.1) is 6.04 Å². The number of likely N-dealkylation sites (tertiary alicyclic amines) is 2. The number of ether oxygens (including phenoxy) is 1. The second-order valence-corrected chi connectivity index (χ2v) is 9.02. The van der Waals surface area contributed by atoms with Crippen molar-refractivity contribution in [1.82, 2.24) is 9.80 Å². The Morgan fingerprint density at radius 2 is 1.57 bits per heavy atom. The Kier molecular flexibility index (Phi) is 6.34. The van der Waals surface area contributed by atoms with E-state index in [4.69, 9.17) is 4.74 Å². The molecule has 1 aromatic rings. The molecule has 0 unspecified atom stereocenters. The standard InChI is InChI=1S/C22H29F3N2O3/c1-21(2,3)30-20(29)26-13-10-15(11-14-26)16-7-4-5-8-17(16)18-9-6-12-27(18)19(28)22(23,24)25/h4-5,7-8,15,18H,6,9-14H2,1-3H3/t18-/m1/s1. The molecule has 2 heterocycles. The summed E-state index contributed by atoms with van der Waals surface area (Å²) in [5.41, 5.74) is 1.22. The highest BCUT2D eigenvalue weighted by molar-refractivity contribution is 5.82. The Bertz CT molecular complexity index is 781. The number of halogens is 3. The van der Waals surface area contributed by atoms with Crippen LogP contribution >= 0.6 is 0 Å². The Balaban J connectivity index is 1.74. The molecular formula is C22H29F3N2O3. The second-order valence-electron chi connectivity index (χ2n) is 9.02. The van der Waals surface area contributed by atoms with Crippen LogP contribution in [0.2, 0.25) is 0 Å². The van der Waals surface area contributed by atoms with E-state index in [1.807, 2.05) is 45.0 Å². The van der Waals surface area contributed by atoms with Crippen molar-refractivity contribution in [2.45, 2.75) is 70.2 Å². The average Bonchev–Trinajstić information content (AvgIpc) is 3.15. The van der Waals surface area contributed by atoms with Gasteiger partial charge in [0, 0.05) is 19.6 Å².